The number of nitrogens with zero attached hydrogens (tertiary/aromatic N) is 1. The highest BCUT2D eigenvalue weighted by molar-refractivity contribution is 7.99. The van der Waals surface area contributed by atoms with Gasteiger partial charge in [0.15, 0.2) is 5.96 Å². The van der Waals surface area contributed by atoms with Crippen LogP contribution in [-0.2, 0) is 0 Å². The highest BCUT2D eigenvalue weighted by atomic mass is 32.2. The molecule has 0 saturated carbocycles. The van der Waals surface area contributed by atoms with E-state index in [1.54, 1.807) is 24.3 Å². The summed E-state index contributed by atoms with van der Waals surface area (Å²) in [6.45, 7) is 0. The summed E-state index contributed by atoms with van der Waals surface area (Å²) in [6, 6.07) is 6.70. The van der Waals surface area contributed by atoms with Crippen LogP contribution in [0.4, 0.5) is 14.5 Å². The number of para-hydroxylation sites is 1. The highest BCUT2D eigenvalue weighted by Crippen LogP contribution is 2.31. The van der Waals surface area contributed by atoms with E-state index in [1.165, 1.54) is 7.05 Å². The summed E-state index contributed by atoms with van der Waals surface area (Å²) < 4.78 is 24.4. The zero-order valence-electron chi connectivity index (χ0n) is 8.08. The topological polar surface area (TPSA) is 50.4 Å². The van der Waals surface area contributed by atoms with Gasteiger partial charge in [0.2, 0.25) is 0 Å². The second kappa shape index (κ2) is 5.55. The Morgan fingerprint density at radius 1 is 1.47 bits per heavy atom. The van der Waals surface area contributed by atoms with Crippen molar-refractivity contribution in [1.82, 2.24) is 0 Å². The smallest absolute Gasteiger partial charge is 0.288 e. The van der Waals surface area contributed by atoms with Crippen LogP contribution >= 0.6 is 11.8 Å². The minimum absolute atomic E-state index is 0.192. The van der Waals surface area contributed by atoms with Crippen molar-refractivity contribution in [3.05, 3.63) is 24.3 Å². The molecule has 0 aromatic heterocycles. The molecule has 1 aromatic carbocycles. The van der Waals surface area contributed by atoms with Crippen molar-refractivity contribution in [3.63, 3.8) is 0 Å². The first-order valence-electron chi connectivity index (χ1n) is 4.16. The van der Waals surface area contributed by atoms with Crippen molar-refractivity contribution in [2.45, 2.75) is 10.7 Å². The van der Waals surface area contributed by atoms with E-state index in [-0.39, 0.29) is 5.96 Å². The zero-order chi connectivity index (χ0) is 11.3. The first-order valence-corrected chi connectivity index (χ1v) is 5.04. The average Bonchev–Trinajstić information content (AvgIpc) is 2.20. The monoisotopic (exact) mass is 231 g/mol. The van der Waals surface area contributed by atoms with Gasteiger partial charge in [-0.15, -0.1) is 0 Å². The molecule has 0 bridgehead atoms. The average molecular weight is 231 g/mol. The maximum Gasteiger partial charge on any atom is 0.288 e. The summed E-state index contributed by atoms with van der Waals surface area (Å²) >= 11 is 0.471. The molecule has 0 saturated heterocycles. The standard InChI is InChI=1S/C9H11F2N3S/c1-13-9(12)14-6-4-2-3-5-7(6)15-8(10)11/h2-5,8H,1H3,(H3,12,13,14). The van der Waals surface area contributed by atoms with E-state index in [0.717, 1.165) is 0 Å². The molecule has 82 valence electrons. The largest absolute Gasteiger partial charge is 0.370 e. The molecular formula is C9H11F2N3S. The van der Waals surface area contributed by atoms with Crippen LogP contribution in [0, 0.1) is 0 Å². The van der Waals surface area contributed by atoms with Crippen molar-refractivity contribution in [1.29, 1.82) is 0 Å². The third-order valence-electron chi connectivity index (χ3n) is 1.61. The van der Waals surface area contributed by atoms with Crippen LogP contribution in [0.25, 0.3) is 0 Å². The lowest BCUT2D eigenvalue weighted by Crippen LogP contribution is -2.22. The molecule has 3 nitrogen and oxygen atoms in total. The third kappa shape index (κ3) is 3.75. The van der Waals surface area contributed by atoms with Gasteiger partial charge in [-0.05, 0) is 12.1 Å². The predicted octanol–water partition coefficient (Wildman–Crippen LogP) is 2.36. The molecule has 0 atom stereocenters. The van der Waals surface area contributed by atoms with Gasteiger partial charge in [-0.2, -0.15) is 8.78 Å². The van der Waals surface area contributed by atoms with E-state index in [1.807, 2.05) is 0 Å². The second-order valence-corrected chi connectivity index (χ2v) is 3.64. The van der Waals surface area contributed by atoms with Crippen molar-refractivity contribution in [2.24, 2.45) is 10.7 Å². The van der Waals surface area contributed by atoms with Gasteiger partial charge in [-0.25, -0.2) is 0 Å². The Balaban J connectivity index is 2.86. The first-order chi connectivity index (χ1) is 7.13. The number of hydrogen-bond donors (Lipinski definition) is 2. The summed E-state index contributed by atoms with van der Waals surface area (Å²) in [4.78, 5) is 4.13. The number of nitrogens with two attached hydrogens (primary N) is 1. The summed E-state index contributed by atoms with van der Waals surface area (Å²) in [5.41, 5.74) is 5.98. The van der Waals surface area contributed by atoms with E-state index < -0.39 is 5.76 Å². The Morgan fingerprint density at radius 2 is 2.13 bits per heavy atom. The lowest BCUT2D eigenvalue weighted by atomic mass is 10.3. The lowest BCUT2D eigenvalue weighted by Gasteiger charge is -2.09. The molecule has 0 heterocycles. The first kappa shape index (κ1) is 11.8. The number of anilines is 1. The molecule has 0 spiro atoms. The number of halogens is 2. The molecule has 6 heteroatoms. The SMILES string of the molecule is CN=C(N)Nc1ccccc1SC(F)F. The normalized spacial score (nSPS) is 11.9. The number of nitrogens with one attached hydrogen (secondary N) is 1. The van der Waals surface area contributed by atoms with Crippen LogP contribution in [0.3, 0.4) is 0 Å². The number of hydrogen-bond acceptors (Lipinski definition) is 2. The van der Waals surface area contributed by atoms with Crippen molar-refractivity contribution in [2.75, 3.05) is 12.4 Å². The van der Waals surface area contributed by atoms with E-state index >= 15 is 0 Å². The van der Waals surface area contributed by atoms with Crippen LogP contribution in [0.5, 0.6) is 0 Å². The van der Waals surface area contributed by atoms with Gasteiger partial charge in [0.05, 0.1) is 5.69 Å². The van der Waals surface area contributed by atoms with Crippen LogP contribution < -0.4 is 11.1 Å². The third-order valence-corrected chi connectivity index (χ3v) is 2.39. The fourth-order valence-corrected chi connectivity index (χ4v) is 1.56. The maximum atomic E-state index is 12.2. The van der Waals surface area contributed by atoms with Crippen molar-refractivity contribution < 1.29 is 8.78 Å². The Labute approximate surface area is 90.8 Å². The Hall–Kier alpha value is -1.30. The lowest BCUT2D eigenvalue weighted by molar-refractivity contribution is 0.252. The van der Waals surface area contributed by atoms with Crippen LogP contribution in [0.2, 0.25) is 0 Å². The van der Waals surface area contributed by atoms with Crippen LogP contribution in [0.1, 0.15) is 0 Å². The molecular weight excluding hydrogens is 220 g/mol. The van der Waals surface area contributed by atoms with Crippen LogP contribution in [0.15, 0.2) is 34.2 Å². The summed E-state index contributed by atoms with van der Waals surface area (Å²) in [5, 5.41) is 2.74. The van der Waals surface area contributed by atoms with Gasteiger partial charge >= 0.3 is 0 Å². The summed E-state index contributed by atoms with van der Waals surface area (Å²) in [5.74, 6) is -2.26. The van der Waals surface area contributed by atoms with Gasteiger partial charge in [0.25, 0.3) is 5.76 Å². The molecule has 1 rings (SSSR count). The highest BCUT2D eigenvalue weighted by Gasteiger charge is 2.09. The number of thioether (sulfide) groups is 1. The predicted molar refractivity (Wildman–Crippen MR) is 59.5 cm³/mol. The summed E-state index contributed by atoms with van der Waals surface area (Å²) in [7, 11) is 1.52. The maximum absolute atomic E-state index is 12.2. The van der Waals surface area contributed by atoms with Gasteiger partial charge in [0.1, 0.15) is 0 Å². The molecule has 1 aromatic rings. The molecule has 3 N–H and O–H groups in total. The van der Waals surface area contributed by atoms with Gasteiger partial charge in [-0.1, -0.05) is 23.9 Å². The molecule has 0 aliphatic rings. The fourth-order valence-electron chi connectivity index (χ4n) is 0.963. The minimum Gasteiger partial charge on any atom is -0.370 e. The molecule has 0 fully saturated rings. The molecule has 15 heavy (non-hydrogen) atoms. The Morgan fingerprint density at radius 3 is 2.73 bits per heavy atom. The molecule has 0 unspecified atom stereocenters. The van der Waals surface area contributed by atoms with Gasteiger partial charge < -0.3 is 11.1 Å². The van der Waals surface area contributed by atoms with Crippen molar-refractivity contribution in [3.8, 4) is 0 Å². The molecule has 0 radical (unpaired) electrons. The summed E-state index contributed by atoms with van der Waals surface area (Å²) in [6.07, 6.45) is 0. The van der Waals surface area contributed by atoms with Crippen LogP contribution in [-0.4, -0.2) is 18.8 Å². The van der Waals surface area contributed by atoms with E-state index in [2.05, 4.69) is 10.3 Å². The number of rotatable bonds is 3. The number of benzene rings is 1. The van der Waals surface area contributed by atoms with E-state index in [0.29, 0.717) is 22.3 Å². The molecule has 0 aliphatic carbocycles. The number of alkyl halides is 2. The Kier molecular flexibility index (Phi) is 4.36. The zero-order valence-corrected chi connectivity index (χ0v) is 8.89. The van der Waals surface area contributed by atoms with Gasteiger partial charge in [-0.3, -0.25) is 4.99 Å². The van der Waals surface area contributed by atoms with E-state index in [4.69, 9.17) is 5.73 Å². The van der Waals surface area contributed by atoms with Crippen molar-refractivity contribution >= 4 is 23.4 Å². The number of guanidine groups is 1. The fraction of sp³-hybridized carbons (Fsp3) is 0.222. The second-order valence-electron chi connectivity index (χ2n) is 2.61. The number of aliphatic imine (C=N–C) groups is 1. The van der Waals surface area contributed by atoms with E-state index in [9.17, 15) is 8.78 Å². The van der Waals surface area contributed by atoms with Gasteiger partial charge in [0, 0.05) is 11.9 Å². The minimum atomic E-state index is -2.45. The quantitative estimate of drug-likeness (QED) is 0.477. The Bertz CT molecular complexity index is 355. The molecule has 0 amide bonds. The molecule has 0 aliphatic heterocycles.